The van der Waals surface area contributed by atoms with Crippen LogP contribution in [0.25, 0.3) is 0 Å². The topological polar surface area (TPSA) is 49.8 Å². The van der Waals surface area contributed by atoms with E-state index in [1.165, 1.54) is 32.1 Å². The van der Waals surface area contributed by atoms with Gasteiger partial charge in [-0.25, -0.2) is 0 Å². The maximum Gasteiger partial charge on any atom is 0.225 e. The van der Waals surface area contributed by atoms with Gasteiger partial charge in [-0.3, -0.25) is 4.79 Å². The Hall–Kier alpha value is -0.610. The first-order chi connectivity index (χ1) is 9.72. The summed E-state index contributed by atoms with van der Waals surface area (Å²) < 4.78 is 5.04. The molecule has 0 aromatic rings. The first-order valence-electron chi connectivity index (χ1n) is 8.11. The highest BCUT2D eigenvalue weighted by molar-refractivity contribution is 5.78. The third-order valence-electron chi connectivity index (χ3n) is 4.41. The molecular formula is C16H31NO3. The largest absolute Gasteiger partial charge is 0.395 e. The Labute approximate surface area is 123 Å². The summed E-state index contributed by atoms with van der Waals surface area (Å²) in [5, 5.41) is 9.09. The molecular weight excluding hydrogens is 254 g/mol. The van der Waals surface area contributed by atoms with Crippen LogP contribution in [0.15, 0.2) is 0 Å². The number of hydrogen-bond acceptors (Lipinski definition) is 3. The molecule has 1 rings (SSSR count). The molecule has 1 saturated carbocycles. The van der Waals surface area contributed by atoms with Crippen molar-refractivity contribution in [3.8, 4) is 0 Å². The van der Waals surface area contributed by atoms with Gasteiger partial charge in [0, 0.05) is 26.1 Å². The van der Waals surface area contributed by atoms with Crippen LogP contribution in [-0.4, -0.2) is 49.3 Å². The van der Waals surface area contributed by atoms with Crippen LogP contribution < -0.4 is 0 Å². The predicted molar refractivity (Wildman–Crippen MR) is 80.5 cm³/mol. The van der Waals surface area contributed by atoms with Gasteiger partial charge in [0.25, 0.3) is 0 Å². The first kappa shape index (κ1) is 17.4. The standard InChI is InChI=1S/C16H31NO3/c1-3-4-5-14-6-8-15(9-7-14)16(19)17(10-12-18)11-13-20-2/h14-15,18H,3-13H2,1-2H3. The summed E-state index contributed by atoms with van der Waals surface area (Å²) in [6, 6.07) is 0. The zero-order valence-electron chi connectivity index (χ0n) is 13.1. The lowest BCUT2D eigenvalue weighted by Crippen LogP contribution is -2.41. The lowest BCUT2D eigenvalue weighted by atomic mass is 9.79. The Bertz CT molecular complexity index is 262. The number of methoxy groups -OCH3 is 1. The molecule has 20 heavy (non-hydrogen) atoms. The smallest absolute Gasteiger partial charge is 0.225 e. The van der Waals surface area contributed by atoms with Crippen molar-refractivity contribution < 1.29 is 14.6 Å². The zero-order valence-corrected chi connectivity index (χ0v) is 13.1. The highest BCUT2D eigenvalue weighted by Crippen LogP contribution is 2.32. The van der Waals surface area contributed by atoms with Gasteiger partial charge >= 0.3 is 0 Å². The van der Waals surface area contributed by atoms with E-state index < -0.39 is 0 Å². The van der Waals surface area contributed by atoms with Crippen molar-refractivity contribution in [1.29, 1.82) is 0 Å². The predicted octanol–water partition coefficient (Wildman–Crippen LogP) is 2.45. The van der Waals surface area contributed by atoms with Crippen LogP contribution in [0.3, 0.4) is 0 Å². The van der Waals surface area contributed by atoms with Gasteiger partial charge in [-0.15, -0.1) is 0 Å². The van der Waals surface area contributed by atoms with E-state index in [4.69, 9.17) is 9.84 Å². The van der Waals surface area contributed by atoms with Crippen molar-refractivity contribution in [2.75, 3.05) is 33.4 Å². The lowest BCUT2D eigenvalue weighted by molar-refractivity contribution is -0.138. The normalized spacial score (nSPS) is 22.8. The number of aliphatic hydroxyl groups is 1. The van der Waals surface area contributed by atoms with Crippen molar-refractivity contribution in [1.82, 2.24) is 4.90 Å². The van der Waals surface area contributed by atoms with Crippen LogP contribution in [0.4, 0.5) is 0 Å². The Balaban J connectivity index is 2.38. The van der Waals surface area contributed by atoms with Crippen molar-refractivity contribution in [2.24, 2.45) is 11.8 Å². The van der Waals surface area contributed by atoms with Crippen LogP contribution in [0.5, 0.6) is 0 Å². The van der Waals surface area contributed by atoms with Crippen LogP contribution in [0.2, 0.25) is 0 Å². The van der Waals surface area contributed by atoms with Gasteiger partial charge in [-0.2, -0.15) is 0 Å². The molecule has 4 heteroatoms. The van der Waals surface area contributed by atoms with Gasteiger partial charge in [0.2, 0.25) is 5.91 Å². The molecule has 0 aliphatic heterocycles. The number of carbonyl (C=O) groups is 1. The highest BCUT2D eigenvalue weighted by Gasteiger charge is 2.28. The van der Waals surface area contributed by atoms with Gasteiger partial charge in [0.05, 0.1) is 13.2 Å². The average Bonchev–Trinajstić information content (AvgIpc) is 2.49. The first-order valence-corrected chi connectivity index (χ1v) is 8.11. The molecule has 1 fully saturated rings. The molecule has 0 atom stereocenters. The Morgan fingerprint density at radius 3 is 2.50 bits per heavy atom. The molecule has 4 nitrogen and oxygen atoms in total. The van der Waals surface area contributed by atoms with Gasteiger partial charge in [0.1, 0.15) is 0 Å². The summed E-state index contributed by atoms with van der Waals surface area (Å²) in [4.78, 5) is 14.2. The molecule has 1 aliphatic carbocycles. The Morgan fingerprint density at radius 2 is 1.95 bits per heavy atom. The molecule has 118 valence electrons. The van der Waals surface area contributed by atoms with Crippen LogP contribution >= 0.6 is 0 Å². The zero-order chi connectivity index (χ0) is 14.8. The minimum atomic E-state index is 0.0291. The SMILES string of the molecule is CCCCC1CCC(C(=O)N(CCO)CCOC)CC1. The summed E-state index contributed by atoms with van der Waals surface area (Å²) in [6.45, 7) is 3.82. The van der Waals surface area contributed by atoms with Crippen LogP contribution in [0.1, 0.15) is 51.9 Å². The molecule has 0 heterocycles. The van der Waals surface area contributed by atoms with Crippen molar-refractivity contribution >= 4 is 5.91 Å². The minimum Gasteiger partial charge on any atom is -0.395 e. The Morgan fingerprint density at radius 1 is 1.25 bits per heavy atom. The number of hydrogen-bond donors (Lipinski definition) is 1. The minimum absolute atomic E-state index is 0.0291. The van der Waals surface area contributed by atoms with Gasteiger partial charge in [0.15, 0.2) is 0 Å². The number of ether oxygens (including phenoxy) is 1. The fourth-order valence-electron chi connectivity index (χ4n) is 3.10. The summed E-state index contributed by atoms with van der Waals surface area (Å²) in [6.07, 6.45) is 8.31. The summed E-state index contributed by atoms with van der Waals surface area (Å²) in [5.41, 5.74) is 0. The molecule has 0 spiro atoms. The van der Waals surface area contributed by atoms with Crippen LogP contribution in [-0.2, 0) is 9.53 Å². The van der Waals surface area contributed by atoms with E-state index in [1.54, 1.807) is 12.0 Å². The van der Waals surface area contributed by atoms with Gasteiger partial charge < -0.3 is 14.7 Å². The van der Waals surface area contributed by atoms with Crippen molar-refractivity contribution in [3.05, 3.63) is 0 Å². The number of carbonyl (C=O) groups excluding carboxylic acids is 1. The molecule has 0 radical (unpaired) electrons. The highest BCUT2D eigenvalue weighted by atomic mass is 16.5. The van der Waals surface area contributed by atoms with Crippen molar-refractivity contribution in [2.45, 2.75) is 51.9 Å². The second-order valence-corrected chi connectivity index (χ2v) is 5.90. The summed E-state index contributed by atoms with van der Waals surface area (Å²) >= 11 is 0. The number of rotatable bonds is 9. The van der Waals surface area contributed by atoms with Gasteiger partial charge in [-0.1, -0.05) is 26.2 Å². The molecule has 1 aliphatic rings. The van der Waals surface area contributed by atoms with Crippen molar-refractivity contribution in [3.63, 3.8) is 0 Å². The van der Waals surface area contributed by atoms with E-state index in [1.807, 2.05) is 0 Å². The maximum absolute atomic E-state index is 12.5. The quantitative estimate of drug-likeness (QED) is 0.708. The second-order valence-electron chi connectivity index (χ2n) is 5.90. The fraction of sp³-hybridized carbons (Fsp3) is 0.938. The average molecular weight is 285 g/mol. The molecule has 0 saturated heterocycles. The number of unbranched alkanes of at least 4 members (excludes halogenated alkanes) is 1. The third-order valence-corrected chi connectivity index (χ3v) is 4.41. The molecule has 0 unspecified atom stereocenters. The molecule has 1 amide bonds. The molecule has 0 aromatic carbocycles. The lowest BCUT2D eigenvalue weighted by Gasteiger charge is -2.32. The van der Waals surface area contributed by atoms with E-state index in [-0.39, 0.29) is 18.4 Å². The summed E-state index contributed by atoms with van der Waals surface area (Å²) in [7, 11) is 1.64. The number of aliphatic hydroxyl groups excluding tert-OH is 1. The van der Waals surface area contributed by atoms with E-state index in [9.17, 15) is 4.79 Å². The molecule has 1 N–H and O–H groups in total. The molecule has 0 bridgehead atoms. The van der Waals surface area contributed by atoms with E-state index in [2.05, 4.69) is 6.92 Å². The van der Waals surface area contributed by atoms with E-state index >= 15 is 0 Å². The fourth-order valence-corrected chi connectivity index (χ4v) is 3.10. The maximum atomic E-state index is 12.5. The van der Waals surface area contributed by atoms with E-state index in [0.29, 0.717) is 19.7 Å². The van der Waals surface area contributed by atoms with Gasteiger partial charge in [-0.05, 0) is 31.6 Å². The second kappa shape index (κ2) is 10.2. The van der Waals surface area contributed by atoms with E-state index in [0.717, 1.165) is 18.8 Å². The summed E-state index contributed by atoms with van der Waals surface area (Å²) in [5.74, 6) is 1.20. The third kappa shape index (κ3) is 5.80. The Kier molecular flexibility index (Phi) is 8.86. The number of amides is 1. The molecule has 0 aromatic heterocycles. The number of nitrogens with zero attached hydrogens (tertiary/aromatic N) is 1. The monoisotopic (exact) mass is 285 g/mol. The van der Waals surface area contributed by atoms with Crippen LogP contribution in [0, 0.1) is 11.8 Å².